The average molecular weight is 755 g/mol. The van der Waals surface area contributed by atoms with Crippen LogP contribution in [0.4, 0.5) is 4.79 Å². The van der Waals surface area contributed by atoms with Gasteiger partial charge in [-0.05, 0) is 76.1 Å². The van der Waals surface area contributed by atoms with Crippen molar-refractivity contribution in [1.29, 1.82) is 0 Å². The summed E-state index contributed by atoms with van der Waals surface area (Å²) in [6, 6.07) is 42.3. The Labute approximate surface area is 329 Å². The molecule has 0 atom stereocenters. The van der Waals surface area contributed by atoms with Crippen molar-refractivity contribution < 1.29 is 33.6 Å². The van der Waals surface area contributed by atoms with E-state index in [9.17, 15) is 14.7 Å². The number of hydrogen-bond donors (Lipinski definition) is 2. The molecule has 2 aliphatic rings. The van der Waals surface area contributed by atoms with Gasteiger partial charge in [0.15, 0.2) is 0 Å². The summed E-state index contributed by atoms with van der Waals surface area (Å²) in [6.07, 6.45) is 2.21. The van der Waals surface area contributed by atoms with E-state index in [1.807, 2.05) is 103 Å². The molecule has 5 aromatic rings. The van der Waals surface area contributed by atoms with Gasteiger partial charge >= 0.3 is 6.09 Å². The van der Waals surface area contributed by atoms with Gasteiger partial charge in [-0.2, -0.15) is 0 Å². The van der Waals surface area contributed by atoms with Crippen molar-refractivity contribution in [2.45, 2.75) is 37.2 Å². The van der Waals surface area contributed by atoms with Crippen LogP contribution in [0.3, 0.4) is 0 Å². The molecule has 7 rings (SSSR count). The molecule has 0 unspecified atom stereocenters. The SMILES string of the molecule is COc1ccc(C(OCC2(CO)CN(C(=O)CCCCCNC(=O)OCC3c4ccccc4-c4ccccc43)C2)(c2ccccc2)c2ccc(OC)cc2)cc1. The zero-order chi connectivity index (χ0) is 39.0. The number of carbonyl (C=O) groups excluding carboxylic acids is 2. The first-order valence-corrected chi connectivity index (χ1v) is 19.4. The van der Waals surface area contributed by atoms with Crippen LogP contribution in [0.2, 0.25) is 0 Å². The predicted octanol–water partition coefficient (Wildman–Crippen LogP) is 7.93. The van der Waals surface area contributed by atoms with Gasteiger partial charge in [0.05, 0.1) is 32.8 Å². The molecule has 1 fully saturated rings. The van der Waals surface area contributed by atoms with Gasteiger partial charge in [-0.15, -0.1) is 0 Å². The van der Waals surface area contributed by atoms with E-state index < -0.39 is 17.1 Å². The molecule has 56 heavy (non-hydrogen) atoms. The van der Waals surface area contributed by atoms with Crippen molar-refractivity contribution in [2.75, 3.05) is 53.7 Å². The highest BCUT2D eigenvalue weighted by Crippen LogP contribution is 2.45. The fourth-order valence-electron chi connectivity index (χ4n) is 8.09. The number of methoxy groups -OCH3 is 2. The van der Waals surface area contributed by atoms with Gasteiger partial charge in [-0.25, -0.2) is 4.79 Å². The second-order valence-corrected chi connectivity index (χ2v) is 14.8. The van der Waals surface area contributed by atoms with Crippen LogP contribution in [0.25, 0.3) is 11.1 Å². The molecule has 1 heterocycles. The molecule has 0 saturated carbocycles. The fourth-order valence-corrected chi connectivity index (χ4v) is 8.09. The lowest BCUT2D eigenvalue weighted by Gasteiger charge is -2.50. The summed E-state index contributed by atoms with van der Waals surface area (Å²) >= 11 is 0. The minimum Gasteiger partial charge on any atom is -0.497 e. The van der Waals surface area contributed by atoms with Crippen LogP contribution in [-0.4, -0.2) is 75.7 Å². The summed E-state index contributed by atoms with van der Waals surface area (Å²) in [5.41, 5.74) is 5.87. The number of amides is 2. The number of nitrogens with one attached hydrogen (secondary N) is 1. The molecular weight excluding hydrogens is 705 g/mol. The Morgan fingerprint density at radius 2 is 1.25 bits per heavy atom. The van der Waals surface area contributed by atoms with Crippen LogP contribution in [0.1, 0.15) is 59.4 Å². The van der Waals surface area contributed by atoms with Crippen molar-refractivity contribution in [3.8, 4) is 22.6 Å². The van der Waals surface area contributed by atoms with Gasteiger partial charge in [-0.3, -0.25) is 4.79 Å². The van der Waals surface area contributed by atoms with E-state index in [1.54, 1.807) is 19.1 Å². The number of carbonyl (C=O) groups is 2. The monoisotopic (exact) mass is 754 g/mol. The van der Waals surface area contributed by atoms with E-state index in [0.29, 0.717) is 32.5 Å². The van der Waals surface area contributed by atoms with Crippen LogP contribution >= 0.6 is 0 Å². The zero-order valence-electron chi connectivity index (χ0n) is 32.1. The number of aliphatic hydroxyl groups is 1. The highest BCUT2D eigenvalue weighted by atomic mass is 16.5. The predicted molar refractivity (Wildman–Crippen MR) is 216 cm³/mol. The summed E-state index contributed by atoms with van der Waals surface area (Å²) < 4.78 is 23.6. The number of benzene rings is 5. The highest BCUT2D eigenvalue weighted by Gasteiger charge is 2.48. The Hall–Kier alpha value is -5.64. The van der Waals surface area contributed by atoms with Crippen molar-refractivity contribution in [3.63, 3.8) is 0 Å². The number of ether oxygens (including phenoxy) is 4. The third-order valence-corrected chi connectivity index (χ3v) is 11.2. The largest absolute Gasteiger partial charge is 0.497 e. The van der Waals surface area contributed by atoms with Crippen molar-refractivity contribution >= 4 is 12.0 Å². The fraction of sp³-hybridized carbons (Fsp3) is 0.319. The molecule has 5 aromatic carbocycles. The summed E-state index contributed by atoms with van der Waals surface area (Å²) in [6.45, 7) is 1.67. The maximum absolute atomic E-state index is 13.2. The summed E-state index contributed by atoms with van der Waals surface area (Å²) in [7, 11) is 3.28. The van der Waals surface area contributed by atoms with Gasteiger partial charge in [0.25, 0.3) is 0 Å². The van der Waals surface area contributed by atoms with Crippen LogP contribution in [0.5, 0.6) is 11.5 Å². The standard InChI is InChI=1S/C47H50N2O7/c1-53-37-24-20-35(21-25-37)47(34-13-5-3-6-14-34,36-22-26-38(54-2)27-23-36)56-33-46(32-50)30-49(31-46)44(51)19-7-4-12-28-48-45(52)55-29-43-41-17-10-8-15-39(41)40-16-9-11-18-42(40)43/h3,5-6,8-11,13-18,20-27,43,50H,4,7,12,19,28-33H2,1-2H3,(H,48,52). The summed E-state index contributed by atoms with van der Waals surface area (Å²) in [5.74, 6) is 1.54. The molecule has 1 saturated heterocycles. The van der Waals surface area contributed by atoms with Gasteiger partial charge in [0.2, 0.25) is 5.91 Å². The normalized spacial score (nSPS) is 14.3. The van der Waals surface area contributed by atoms with Crippen molar-refractivity contribution in [2.24, 2.45) is 5.41 Å². The van der Waals surface area contributed by atoms with Gasteiger partial charge in [-0.1, -0.05) is 110 Å². The first-order valence-electron chi connectivity index (χ1n) is 19.4. The number of rotatable bonds is 17. The van der Waals surface area contributed by atoms with Crippen LogP contribution in [-0.2, 0) is 19.9 Å². The highest BCUT2D eigenvalue weighted by molar-refractivity contribution is 5.79. The Kier molecular flexibility index (Phi) is 12.0. The number of aliphatic hydroxyl groups excluding tert-OH is 1. The minimum atomic E-state index is -1.01. The minimum absolute atomic E-state index is 0.0187. The Morgan fingerprint density at radius 1 is 0.714 bits per heavy atom. The molecule has 0 bridgehead atoms. The molecule has 2 N–H and O–H groups in total. The zero-order valence-corrected chi connectivity index (χ0v) is 32.1. The van der Waals surface area contributed by atoms with E-state index in [1.165, 1.54) is 22.3 Å². The van der Waals surface area contributed by atoms with Gasteiger partial charge in [0.1, 0.15) is 23.7 Å². The molecular formula is C47H50N2O7. The molecule has 1 aliphatic carbocycles. The Bertz CT molecular complexity index is 1990. The topological polar surface area (TPSA) is 107 Å². The maximum atomic E-state index is 13.2. The number of alkyl carbamates (subject to hydrolysis) is 1. The number of unbranched alkanes of at least 4 members (excludes halogenated alkanes) is 2. The third-order valence-electron chi connectivity index (χ3n) is 11.2. The van der Waals surface area contributed by atoms with Crippen molar-refractivity contribution in [1.82, 2.24) is 10.2 Å². The lowest BCUT2D eigenvalue weighted by Crippen LogP contribution is -2.63. The number of fused-ring (bicyclic) bond motifs is 3. The van der Waals surface area contributed by atoms with E-state index in [4.69, 9.17) is 18.9 Å². The van der Waals surface area contributed by atoms with Crippen LogP contribution in [0.15, 0.2) is 127 Å². The first kappa shape index (κ1) is 38.6. The Balaban J connectivity index is 0.901. The smallest absolute Gasteiger partial charge is 0.407 e. The van der Waals surface area contributed by atoms with Gasteiger partial charge in [0, 0.05) is 32.0 Å². The Morgan fingerprint density at radius 3 is 1.80 bits per heavy atom. The van der Waals surface area contributed by atoms with Gasteiger partial charge < -0.3 is 34.3 Å². The molecule has 1 aliphatic heterocycles. The molecule has 0 radical (unpaired) electrons. The second-order valence-electron chi connectivity index (χ2n) is 14.8. The van der Waals surface area contributed by atoms with E-state index in [-0.39, 0.29) is 31.6 Å². The molecule has 0 spiro atoms. The average Bonchev–Trinajstić information content (AvgIpc) is 3.56. The first-order chi connectivity index (χ1) is 27.4. The molecule has 0 aromatic heterocycles. The number of nitrogens with zero attached hydrogens (tertiary/aromatic N) is 1. The summed E-state index contributed by atoms with van der Waals surface area (Å²) in [5, 5.41) is 13.6. The van der Waals surface area contributed by atoms with E-state index in [0.717, 1.165) is 41.0 Å². The molecule has 2 amide bonds. The summed E-state index contributed by atoms with van der Waals surface area (Å²) in [4.78, 5) is 27.6. The van der Waals surface area contributed by atoms with E-state index >= 15 is 0 Å². The maximum Gasteiger partial charge on any atom is 0.407 e. The number of hydrogen-bond acceptors (Lipinski definition) is 7. The molecule has 290 valence electrons. The van der Waals surface area contributed by atoms with Crippen LogP contribution < -0.4 is 14.8 Å². The van der Waals surface area contributed by atoms with Crippen LogP contribution in [0, 0.1) is 5.41 Å². The van der Waals surface area contributed by atoms with Crippen molar-refractivity contribution in [3.05, 3.63) is 155 Å². The third kappa shape index (κ3) is 8.01. The quantitative estimate of drug-likeness (QED) is 0.0734. The van der Waals surface area contributed by atoms with E-state index in [2.05, 4.69) is 29.6 Å². The lowest BCUT2D eigenvalue weighted by molar-refractivity contribution is -0.158. The molecule has 9 nitrogen and oxygen atoms in total. The number of likely N-dealkylation sites (tertiary alicyclic amines) is 1. The molecule has 9 heteroatoms. The second kappa shape index (κ2) is 17.4. The lowest BCUT2D eigenvalue weighted by atomic mass is 9.78.